The zero-order valence-electron chi connectivity index (χ0n) is 10.0. The lowest BCUT2D eigenvalue weighted by molar-refractivity contribution is -0.128. The summed E-state index contributed by atoms with van der Waals surface area (Å²) in [5, 5.41) is 7.39. The number of rotatable bonds is 6. The topological polar surface area (TPSA) is 61.4 Å². The Balaban J connectivity index is 2.30. The molecular weight excluding hydrogens is 238 g/mol. The SMILES string of the molecule is CNCCN(C)C(=O)CNC(=O)c1cccs1. The molecule has 0 aromatic carbocycles. The summed E-state index contributed by atoms with van der Waals surface area (Å²) >= 11 is 1.36. The fraction of sp³-hybridized carbons (Fsp3) is 0.455. The van der Waals surface area contributed by atoms with E-state index in [0.29, 0.717) is 11.4 Å². The van der Waals surface area contributed by atoms with E-state index in [1.807, 2.05) is 12.4 Å². The molecule has 0 atom stereocenters. The van der Waals surface area contributed by atoms with Gasteiger partial charge >= 0.3 is 0 Å². The highest BCUT2D eigenvalue weighted by Gasteiger charge is 2.11. The molecule has 0 spiro atoms. The molecule has 17 heavy (non-hydrogen) atoms. The quantitative estimate of drug-likeness (QED) is 0.761. The van der Waals surface area contributed by atoms with E-state index in [-0.39, 0.29) is 18.4 Å². The van der Waals surface area contributed by atoms with Crippen LogP contribution in [-0.2, 0) is 4.79 Å². The minimum absolute atomic E-state index is 0.0386. The number of carbonyl (C=O) groups is 2. The molecule has 0 saturated heterocycles. The molecule has 6 heteroatoms. The van der Waals surface area contributed by atoms with Crippen LogP contribution in [0.4, 0.5) is 0 Å². The third-order valence-corrected chi connectivity index (χ3v) is 3.14. The molecule has 0 saturated carbocycles. The van der Waals surface area contributed by atoms with E-state index in [0.717, 1.165) is 6.54 Å². The Bertz CT molecular complexity index is 365. The summed E-state index contributed by atoms with van der Waals surface area (Å²) in [6.45, 7) is 1.41. The lowest BCUT2D eigenvalue weighted by Crippen LogP contribution is -2.40. The first kappa shape index (κ1) is 13.7. The normalized spacial score (nSPS) is 10.0. The number of thiophene rings is 1. The highest BCUT2D eigenvalue weighted by molar-refractivity contribution is 7.12. The fourth-order valence-electron chi connectivity index (χ4n) is 1.19. The van der Waals surface area contributed by atoms with E-state index in [2.05, 4.69) is 10.6 Å². The van der Waals surface area contributed by atoms with Gasteiger partial charge in [-0.15, -0.1) is 11.3 Å². The lowest BCUT2D eigenvalue weighted by atomic mass is 10.4. The largest absolute Gasteiger partial charge is 0.343 e. The molecule has 2 N–H and O–H groups in total. The van der Waals surface area contributed by atoms with Crippen molar-refractivity contribution in [3.05, 3.63) is 22.4 Å². The highest BCUT2D eigenvalue weighted by Crippen LogP contribution is 2.07. The zero-order valence-corrected chi connectivity index (χ0v) is 10.8. The number of hydrogen-bond donors (Lipinski definition) is 2. The van der Waals surface area contributed by atoms with E-state index < -0.39 is 0 Å². The molecule has 0 aliphatic heterocycles. The van der Waals surface area contributed by atoms with Gasteiger partial charge in [-0.3, -0.25) is 9.59 Å². The minimum atomic E-state index is -0.199. The van der Waals surface area contributed by atoms with Crippen LogP contribution in [0.5, 0.6) is 0 Å². The third kappa shape index (κ3) is 4.54. The molecule has 94 valence electrons. The van der Waals surface area contributed by atoms with Crippen molar-refractivity contribution in [1.82, 2.24) is 15.5 Å². The van der Waals surface area contributed by atoms with Crippen LogP contribution in [-0.4, -0.2) is 50.4 Å². The van der Waals surface area contributed by atoms with E-state index in [4.69, 9.17) is 0 Å². The second-order valence-corrected chi connectivity index (χ2v) is 4.53. The third-order valence-electron chi connectivity index (χ3n) is 2.27. The highest BCUT2D eigenvalue weighted by atomic mass is 32.1. The van der Waals surface area contributed by atoms with Gasteiger partial charge in [0.05, 0.1) is 11.4 Å². The summed E-state index contributed by atoms with van der Waals surface area (Å²) in [6, 6.07) is 3.54. The zero-order chi connectivity index (χ0) is 12.7. The summed E-state index contributed by atoms with van der Waals surface area (Å²) in [5.74, 6) is -0.291. The molecule has 1 rings (SSSR count). The second kappa shape index (κ2) is 7.03. The maximum absolute atomic E-state index is 11.6. The standard InChI is InChI=1S/C11H17N3O2S/c1-12-5-6-14(2)10(15)8-13-11(16)9-4-3-7-17-9/h3-4,7,12H,5-6,8H2,1-2H3,(H,13,16). The molecule has 0 unspecified atom stereocenters. The Labute approximate surface area is 105 Å². The summed E-state index contributed by atoms with van der Waals surface area (Å²) < 4.78 is 0. The van der Waals surface area contributed by atoms with Crippen molar-refractivity contribution >= 4 is 23.2 Å². The summed E-state index contributed by atoms with van der Waals surface area (Å²) in [7, 11) is 3.55. The predicted molar refractivity (Wildman–Crippen MR) is 68.2 cm³/mol. The van der Waals surface area contributed by atoms with Gasteiger partial charge in [0.15, 0.2) is 0 Å². The van der Waals surface area contributed by atoms with Gasteiger partial charge in [-0.05, 0) is 18.5 Å². The molecule has 5 nitrogen and oxygen atoms in total. The maximum Gasteiger partial charge on any atom is 0.261 e. The van der Waals surface area contributed by atoms with Crippen molar-refractivity contribution < 1.29 is 9.59 Å². The van der Waals surface area contributed by atoms with Crippen LogP contribution in [0.3, 0.4) is 0 Å². The number of carbonyl (C=O) groups excluding carboxylic acids is 2. The van der Waals surface area contributed by atoms with Crippen LogP contribution >= 0.6 is 11.3 Å². The minimum Gasteiger partial charge on any atom is -0.343 e. The van der Waals surface area contributed by atoms with E-state index in [1.165, 1.54) is 11.3 Å². The van der Waals surface area contributed by atoms with Gasteiger partial charge in [-0.2, -0.15) is 0 Å². The van der Waals surface area contributed by atoms with Gasteiger partial charge in [0.2, 0.25) is 5.91 Å². The van der Waals surface area contributed by atoms with E-state index in [1.54, 1.807) is 24.1 Å². The van der Waals surface area contributed by atoms with Crippen molar-refractivity contribution in [1.29, 1.82) is 0 Å². The van der Waals surface area contributed by atoms with E-state index in [9.17, 15) is 9.59 Å². The van der Waals surface area contributed by atoms with Gasteiger partial charge in [-0.25, -0.2) is 0 Å². The number of amides is 2. The summed E-state index contributed by atoms with van der Waals surface area (Å²) in [4.78, 5) is 25.4. The van der Waals surface area contributed by atoms with Crippen LogP contribution in [0.1, 0.15) is 9.67 Å². The first-order valence-corrected chi connectivity index (χ1v) is 6.23. The van der Waals surface area contributed by atoms with E-state index >= 15 is 0 Å². The smallest absolute Gasteiger partial charge is 0.261 e. The van der Waals surface area contributed by atoms with Crippen LogP contribution < -0.4 is 10.6 Å². The van der Waals surface area contributed by atoms with Gasteiger partial charge < -0.3 is 15.5 Å². The molecule has 2 amide bonds. The van der Waals surface area contributed by atoms with Gasteiger partial charge in [0, 0.05) is 20.1 Å². The summed E-state index contributed by atoms with van der Waals surface area (Å²) in [6.07, 6.45) is 0. The molecule has 0 aliphatic carbocycles. The first-order valence-electron chi connectivity index (χ1n) is 5.35. The molecule has 1 aromatic heterocycles. The van der Waals surface area contributed by atoms with Crippen LogP contribution in [0.2, 0.25) is 0 Å². The Morgan fingerprint density at radius 3 is 2.82 bits per heavy atom. The maximum atomic E-state index is 11.6. The lowest BCUT2D eigenvalue weighted by Gasteiger charge is -2.16. The number of likely N-dealkylation sites (N-methyl/N-ethyl adjacent to an activating group) is 2. The Morgan fingerprint density at radius 2 is 2.24 bits per heavy atom. The van der Waals surface area contributed by atoms with Gasteiger partial charge in [0.1, 0.15) is 0 Å². The Kier molecular flexibility index (Phi) is 5.65. The average Bonchev–Trinajstić information content (AvgIpc) is 2.86. The molecule has 0 fully saturated rings. The van der Waals surface area contributed by atoms with Crippen LogP contribution in [0.15, 0.2) is 17.5 Å². The number of nitrogens with one attached hydrogen (secondary N) is 2. The first-order chi connectivity index (χ1) is 8.15. The molecular formula is C11H17N3O2S. The van der Waals surface area contributed by atoms with Gasteiger partial charge in [0.25, 0.3) is 5.91 Å². The Morgan fingerprint density at radius 1 is 1.47 bits per heavy atom. The Hall–Kier alpha value is -1.40. The molecule has 0 aliphatic rings. The molecule has 1 aromatic rings. The fourth-order valence-corrected chi connectivity index (χ4v) is 1.83. The van der Waals surface area contributed by atoms with Gasteiger partial charge in [-0.1, -0.05) is 6.07 Å². The summed E-state index contributed by atoms with van der Waals surface area (Å²) in [5.41, 5.74) is 0. The van der Waals surface area contributed by atoms with Crippen molar-refractivity contribution in [3.8, 4) is 0 Å². The molecule has 0 bridgehead atoms. The predicted octanol–water partition coefficient (Wildman–Crippen LogP) is 0.156. The monoisotopic (exact) mass is 255 g/mol. The van der Waals surface area contributed by atoms with Crippen molar-refractivity contribution in [2.24, 2.45) is 0 Å². The van der Waals surface area contributed by atoms with Crippen molar-refractivity contribution in [3.63, 3.8) is 0 Å². The van der Waals surface area contributed by atoms with Crippen molar-refractivity contribution in [2.75, 3.05) is 33.7 Å². The average molecular weight is 255 g/mol. The molecule has 1 heterocycles. The molecule has 0 radical (unpaired) electrons. The van der Waals surface area contributed by atoms with Crippen LogP contribution in [0.25, 0.3) is 0 Å². The number of hydrogen-bond acceptors (Lipinski definition) is 4. The van der Waals surface area contributed by atoms with Crippen molar-refractivity contribution in [2.45, 2.75) is 0 Å². The second-order valence-electron chi connectivity index (χ2n) is 3.58. The number of nitrogens with zero attached hydrogens (tertiary/aromatic N) is 1. The van der Waals surface area contributed by atoms with Crippen LogP contribution in [0, 0.1) is 0 Å².